The molecule has 5 N–H and O–H groups in total. The second kappa shape index (κ2) is 6.50. The summed E-state index contributed by atoms with van der Waals surface area (Å²) in [4.78, 5) is 35.8. The van der Waals surface area contributed by atoms with Gasteiger partial charge < -0.3 is 24.7 Å². The van der Waals surface area contributed by atoms with Gasteiger partial charge in [0, 0.05) is 0 Å². The van der Waals surface area contributed by atoms with Crippen molar-refractivity contribution in [3.8, 4) is 0 Å². The Morgan fingerprint density at radius 1 is 0.900 bits per heavy atom. The van der Waals surface area contributed by atoms with Crippen LogP contribution in [0.15, 0.2) is 30.3 Å². The lowest BCUT2D eigenvalue weighted by Gasteiger charge is -2.29. The maximum atomic E-state index is 11.1. The average Bonchev–Trinajstić information content (AvgIpc) is 2.33. The van der Waals surface area contributed by atoms with Crippen LogP contribution in [0.4, 0.5) is 0 Å². The fraction of sp³-hybridized carbons (Fsp3) is 0.455. The van der Waals surface area contributed by atoms with E-state index in [1.165, 1.54) is 0 Å². The number of aliphatic hydroxyl groups is 1. The van der Waals surface area contributed by atoms with Crippen molar-refractivity contribution in [1.29, 1.82) is 0 Å². The molecule has 0 aliphatic rings. The van der Waals surface area contributed by atoms with Gasteiger partial charge in [-0.1, -0.05) is 30.3 Å². The van der Waals surface area contributed by atoms with Crippen LogP contribution < -0.4 is 0 Å². The predicted octanol–water partition coefficient (Wildman–Crippen LogP) is 1.40. The van der Waals surface area contributed by atoms with Crippen LogP contribution in [-0.4, -0.2) is 29.8 Å². The summed E-state index contributed by atoms with van der Waals surface area (Å²) < 4.78 is 22.2. The molecule has 0 atom stereocenters. The zero-order chi connectivity index (χ0) is 15.4. The summed E-state index contributed by atoms with van der Waals surface area (Å²) in [5, 5.41) is 6.36. The highest BCUT2D eigenvalue weighted by Crippen LogP contribution is 2.69. The first kappa shape index (κ1) is 17.5. The molecule has 0 spiro atoms. The first-order chi connectivity index (χ1) is 9.08. The van der Waals surface area contributed by atoms with Crippen LogP contribution in [-0.2, 0) is 15.6 Å². The topological polar surface area (TPSA) is 135 Å². The Balaban J connectivity index is 2.62. The van der Waals surface area contributed by atoms with E-state index in [4.69, 9.17) is 19.6 Å². The van der Waals surface area contributed by atoms with Crippen molar-refractivity contribution in [2.45, 2.75) is 30.8 Å². The molecule has 1 rings (SSSR count). The number of aryl methyl sites for hydroxylation is 1. The predicted molar refractivity (Wildman–Crippen MR) is 73.0 cm³/mol. The van der Waals surface area contributed by atoms with Gasteiger partial charge in [0.05, 0.1) is 0 Å². The van der Waals surface area contributed by atoms with Gasteiger partial charge >= 0.3 is 15.2 Å². The summed E-state index contributed by atoms with van der Waals surface area (Å²) in [6.45, 7) is 0. The largest absolute Gasteiger partial charge is 0.369 e. The van der Waals surface area contributed by atoms with Gasteiger partial charge in [0.2, 0.25) is 0 Å². The molecule has 0 aliphatic carbocycles. The van der Waals surface area contributed by atoms with Gasteiger partial charge in [-0.15, -0.1) is 0 Å². The smallest absolute Gasteiger partial charge is 0.368 e. The van der Waals surface area contributed by atoms with Gasteiger partial charge in [-0.05, 0) is 31.2 Å². The molecule has 0 saturated carbocycles. The monoisotopic (exact) mass is 324 g/mol. The van der Waals surface area contributed by atoms with Crippen molar-refractivity contribution < 1.29 is 33.8 Å². The molecular weight excluding hydrogens is 306 g/mol. The number of hydrogen-bond acceptors (Lipinski definition) is 3. The highest BCUT2D eigenvalue weighted by molar-refractivity contribution is 7.72. The van der Waals surface area contributed by atoms with Gasteiger partial charge in [-0.2, -0.15) is 0 Å². The third kappa shape index (κ3) is 4.24. The zero-order valence-corrected chi connectivity index (χ0v) is 12.5. The Kier molecular flexibility index (Phi) is 5.70. The van der Waals surface area contributed by atoms with Gasteiger partial charge in [0.15, 0.2) is 0 Å². The number of rotatable bonds is 7. The van der Waals surface area contributed by atoms with Gasteiger partial charge in [-0.3, -0.25) is 9.13 Å². The second-order valence-electron chi connectivity index (χ2n) is 4.56. The Hall–Kier alpha value is -0.520. The Morgan fingerprint density at radius 3 is 1.85 bits per heavy atom. The lowest BCUT2D eigenvalue weighted by molar-refractivity contribution is 0.120. The lowest BCUT2D eigenvalue weighted by atomic mass is 10.1. The molecule has 1 aromatic rings. The van der Waals surface area contributed by atoms with Crippen molar-refractivity contribution in [2.24, 2.45) is 0 Å². The Labute approximate surface area is 116 Å². The minimum Gasteiger partial charge on any atom is -0.368 e. The molecule has 0 heterocycles. The number of unbranched alkanes of at least 4 members (excludes halogenated alkanes) is 1. The van der Waals surface area contributed by atoms with E-state index in [0.717, 1.165) is 5.56 Å². The Morgan fingerprint density at radius 2 is 1.40 bits per heavy atom. The van der Waals surface area contributed by atoms with E-state index in [-0.39, 0.29) is 6.42 Å². The van der Waals surface area contributed by atoms with E-state index in [1.807, 2.05) is 30.3 Å². The van der Waals surface area contributed by atoms with E-state index < -0.39 is 26.7 Å². The van der Waals surface area contributed by atoms with Crippen LogP contribution in [0.5, 0.6) is 0 Å². The number of hydrogen-bond donors (Lipinski definition) is 5. The summed E-state index contributed by atoms with van der Waals surface area (Å²) in [6, 6.07) is 9.29. The highest BCUT2D eigenvalue weighted by Gasteiger charge is 2.58. The maximum absolute atomic E-state index is 11.1. The molecule has 0 aromatic heterocycles. The molecule has 0 fully saturated rings. The van der Waals surface area contributed by atoms with Gasteiger partial charge in [0.1, 0.15) is 0 Å². The van der Waals surface area contributed by atoms with Crippen molar-refractivity contribution in [3.63, 3.8) is 0 Å². The fourth-order valence-corrected chi connectivity index (χ4v) is 4.05. The molecule has 114 valence electrons. The molecule has 9 heteroatoms. The molecule has 20 heavy (non-hydrogen) atoms. The molecule has 0 bridgehead atoms. The van der Waals surface area contributed by atoms with Crippen LogP contribution in [0.3, 0.4) is 0 Å². The van der Waals surface area contributed by atoms with Crippen molar-refractivity contribution in [2.75, 3.05) is 0 Å². The highest BCUT2D eigenvalue weighted by atomic mass is 31.2. The lowest BCUT2D eigenvalue weighted by Crippen LogP contribution is -2.28. The van der Waals surface area contributed by atoms with Gasteiger partial charge in [-0.25, -0.2) is 0 Å². The summed E-state index contributed by atoms with van der Waals surface area (Å²) in [6.07, 6.45) is 0.474. The third-order valence-electron chi connectivity index (χ3n) is 3.00. The molecule has 0 saturated heterocycles. The molecule has 1 aromatic carbocycles. The van der Waals surface area contributed by atoms with E-state index >= 15 is 0 Å². The quantitative estimate of drug-likeness (QED) is 0.378. The zero-order valence-electron chi connectivity index (χ0n) is 10.7. The van der Waals surface area contributed by atoms with Crippen molar-refractivity contribution >= 4 is 15.2 Å². The first-order valence-corrected chi connectivity index (χ1v) is 9.18. The summed E-state index contributed by atoms with van der Waals surface area (Å²) in [5.74, 6) is 0. The van der Waals surface area contributed by atoms with Gasteiger partial charge in [0.25, 0.3) is 5.08 Å². The van der Waals surface area contributed by atoms with Crippen LogP contribution in [0.1, 0.15) is 24.8 Å². The van der Waals surface area contributed by atoms with E-state index in [0.29, 0.717) is 12.8 Å². The van der Waals surface area contributed by atoms with E-state index in [1.54, 1.807) is 0 Å². The second-order valence-corrected chi connectivity index (χ2v) is 8.56. The SMILES string of the molecule is O=P(O)(O)C(O)(CCCCc1ccccc1)P(=O)(O)O. The normalized spacial score (nSPS) is 13.4. The molecule has 0 radical (unpaired) electrons. The van der Waals surface area contributed by atoms with Crippen molar-refractivity contribution in [1.82, 2.24) is 0 Å². The first-order valence-electron chi connectivity index (χ1n) is 5.95. The molecule has 0 unspecified atom stereocenters. The molecule has 0 aliphatic heterocycles. The third-order valence-corrected chi connectivity index (χ3v) is 6.88. The van der Waals surface area contributed by atoms with Crippen molar-refractivity contribution in [3.05, 3.63) is 35.9 Å². The molecular formula is C11H18O7P2. The molecule has 0 amide bonds. The summed E-state index contributed by atoms with van der Waals surface area (Å²) in [7, 11) is -10.7. The van der Waals surface area contributed by atoms with Crippen LogP contribution in [0.25, 0.3) is 0 Å². The minimum atomic E-state index is -5.33. The summed E-state index contributed by atoms with van der Waals surface area (Å²) >= 11 is 0. The maximum Gasteiger partial charge on any atom is 0.369 e. The standard InChI is InChI=1S/C11H18O7P2/c12-11(19(13,14)15,20(16,17)18)9-5-4-8-10-6-2-1-3-7-10/h1-3,6-7,12H,4-5,8-9H2,(H2,13,14,15)(H2,16,17,18). The van der Waals surface area contributed by atoms with Crippen LogP contribution in [0.2, 0.25) is 0 Å². The summed E-state index contributed by atoms with van der Waals surface area (Å²) in [5.41, 5.74) is 1.00. The molecule has 7 nitrogen and oxygen atoms in total. The Bertz CT molecular complexity index is 497. The fourth-order valence-electron chi connectivity index (χ4n) is 1.80. The van der Waals surface area contributed by atoms with E-state index in [2.05, 4.69) is 0 Å². The average molecular weight is 324 g/mol. The van der Waals surface area contributed by atoms with E-state index in [9.17, 15) is 14.2 Å². The van der Waals surface area contributed by atoms with Crippen LogP contribution in [0, 0.1) is 0 Å². The van der Waals surface area contributed by atoms with Crippen LogP contribution >= 0.6 is 15.2 Å². The minimum absolute atomic E-state index is 0.0849. The number of benzene rings is 1.